The average Bonchev–Trinajstić information content (AvgIpc) is 3.36. The third-order valence-corrected chi connectivity index (χ3v) is 5.58. The van der Waals surface area contributed by atoms with E-state index in [1.165, 1.54) is 4.68 Å². The number of amides is 1. The molecule has 2 aromatic heterocycles. The van der Waals surface area contributed by atoms with Crippen molar-refractivity contribution in [2.75, 3.05) is 5.32 Å². The highest BCUT2D eigenvalue weighted by Crippen LogP contribution is 2.27. The molecule has 0 bridgehead atoms. The van der Waals surface area contributed by atoms with Crippen LogP contribution in [0.25, 0.3) is 0 Å². The first kappa shape index (κ1) is 22.5. The molecule has 1 amide bonds. The number of benzene rings is 2. The molecule has 0 aliphatic heterocycles. The second-order valence-electron chi connectivity index (χ2n) is 6.65. The van der Waals surface area contributed by atoms with Crippen LogP contribution >= 0.6 is 46.4 Å². The zero-order valence-electron chi connectivity index (χ0n) is 16.3. The van der Waals surface area contributed by atoms with Gasteiger partial charge in [0.1, 0.15) is 10.8 Å². The fourth-order valence-electron chi connectivity index (χ4n) is 2.83. The van der Waals surface area contributed by atoms with E-state index in [-0.39, 0.29) is 23.3 Å². The molecule has 0 aliphatic carbocycles. The van der Waals surface area contributed by atoms with Crippen molar-refractivity contribution >= 4 is 58.1 Å². The van der Waals surface area contributed by atoms with Crippen LogP contribution < -0.4 is 10.1 Å². The number of rotatable bonds is 7. The monoisotopic (exact) mass is 509 g/mol. The Hall–Kier alpha value is -2.71. The van der Waals surface area contributed by atoms with Crippen molar-refractivity contribution in [3.63, 3.8) is 0 Å². The van der Waals surface area contributed by atoms with Crippen LogP contribution in [-0.2, 0) is 13.3 Å². The quantitative estimate of drug-likeness (QED) is 0.329. The van der Waals surface area contributed by atoms with Gasteiger partial charge in [0, 0.05) is 33.0 Å². The largest absolute Gasteiger partial charge is 0.471 e. The number of ether oxygens (including phenoxy) is 1. The number of hydrogen-bond acceptors (Lipinski definition) is 4. The van der Waals surface area contributed by atoms with Crippen molar-refractivity contribution in [1.82, 2.24) is 19.6 Å². The number of anilines is 1. The summed E-state index contributed by atoms with van der Waals surface area (Å²) in [5.74, 6) is 0.328. The zero-order chi connectivity index (χ0) is 22.7. The minimum absolute atomic E-state index is 0.113. The van der Waals surface area contributed by atoms with E-state index in [1.54, 1.807) is 65.6 Å². The highest BCUT2D eigenvalue weighted by molar-refractivity contribution is 6.36. The molecular formula is C21H15Cl4N5O2. The molecule has 32 heavy (non-hydrogen) atoms. The van der Waals surface area contributed by atoms with E-state index in [2.05, 4.69) is 15.5 Å². The van der Waals surface area contributed by atoms with E-state index < -0.39 is 5.91 Å². The molecule has 11 heteroatoms. The SMILES string of the molecule is O=C(Nc1nn(Cc2c(Cl)cccc2Cl)cc1Cl)c1ccn(COc2cccc(Cl)c2)n1. The van der Waals surface area contributed by atoms with Gasteiger partial charge in [-0.2, -0.15) is 10.2 Å². The summed E-state index contributed by atoms with van der Waals surface area (Å²) in [6.45, 7) is 0.408. The number of halogens is 4. The lowest BCUT2D eigenvalue weighted by Gasteiger charge is -2.07. The number of aromatic nitrogens is 4. The Labute approximate surface area is 203 Å². The molecule has 0 unspecified atom stereocenters. The summed E-state index contributed by atoms with van der Waals surface area (Å²) in [6, 6.07) is 13.8. The predicted molar refractivity (Wildman–Crippen MR) is 125 cm³/mol. The molecule has 0 aliphatic rings. The number of nitrogens with zero attached hydrogens (tertiary/aromatic N) is 4. The summed E-state index contributed by atoms with van der Waals surface area (Å²) in [7, 11) is 0. The highest BCUT2D eigenvalue weighted by Gasteiger charge is 2.16. The summed E-state index contributed by atoms with van der Waals surface area (Å²) in [6.07, 6.45) is 3.20. The predicted octanol–water partition coefficient (Wildman–Crippen LogP) is 6.03. The molecule has 164 valence electrons. The van der Waals surface area contributed by atoms with Crippen molar-refractivity contribution in [1.29, 1.82) is 0 Å². The Kier molecular flexibility index (Phi) is 6.91. The van der Waals surface area contributed by atoms with Crippen LogP contribution in [0.15, 0.2) is 60.9 Å². The lowest BCUT2D eigenvalue weighted by molar-refractivity contribution is 0.101. The molecule has 0 atom stereocenters. The van der Waals surface area contributed by atoms with Gasteiger partial charge < -0.3 is 10.1 Å². The Bertz CT molecular complexity index is 1250. The summed E-state index contributed by atoms with van der Waals surface area (Å²) in [5, 5.41) is 13.0. The number of nitrogens with one attached hydrogen (secondary N) is 1. The molecule has 0 saturated heterocycles. The van der Waals surface area contributed by atoms with Crippen LogP contribution in [0.5, 0.6) is 5.75 Å². The number of carbonyl (C=O) groups is 1. The standard InChI is InChI=1S/C21H15Cl4N5O2/c22-13-3-1-4-14(9-13)32-12-29-8-7-19(27-29)21(31)26-20-18(25)11-30(28-20)10-15-16(23)5-2-6-17(15)24/h1-9,11H,10,12H2,(H,26,28,31). The molecule has 2 aromatic carbocycles. The lowest BCUT2D eigenvalue weighted by atomic mass is 10.2. The number of carbonyl (C=O) groups excluding carboxylic acids is 1. The second-order valence-corrected chi connectivity index (χ2v) is 8.31. The van der Waals surface area contributed by atoms with E-state index >= 15 is 0 Å². The summed E-state index contributed by atoms with van der Waals surface area (Å²) in [5.41, 5.74) is 0.880. The molecule has 4 aromatic rings. The molecule has 0 saturated carbocycles. The smallest absolute Gasteiger partial charge is 0.277 e. The first-order valence-corrected chi connectivity index (χ1v) is 10.8. The van der Waals surface area contributed by atoms with Gasteiger partial charge in [0.15, 0.2) is 18.2 Å². The van der Waals surface area contributed by atoms with Crippen LogP contribution in [0.2, 0.25) is 20.1 Å². The van der Waals surface area contributed by atoms with Crippen LogP contribution in [0, 0.1) is 0 Å². The van der Waals surface area contributed by atoms with E-state index in [9.17, 15) is 4.79 Å². The summed E-state index contributed by atoms with van der Waals surface area (Å²) in [4.78, 5) is 12.6. The maximum atomic E-state index is 12.6. The Morgan fingerprint density at radius 2 is 1.69 bits per heavy atom. The van der Waals surface area contributed by atoms with Crippen molar-refractivity contribution in [2.45, 2.75) is 13.3 Å². The van der Waals surface area contributed by atoms with Gasteiger partial charge in [-0.3, -0.25) is 9.48 Å². The van der Waals surface area contributed by atoms with Gasteiger partial charge in [-0.15, -0.1) is 0 Å². The Morgan fingerprint density at radius 3 is 2.44 bits per heavy atom. The lowest BCUT2D eigenvalue weighted by Crippen LogP contribution is -2.15. The third kappa shape index (κ3) is 5.37. The van der Waals surface area contributed by atoms with E-state index in [1.807, 2.05) is 0 Å². The summed E-state index contributed by atoms with van der Waals surface area (Å²) < 4.78 is 8.63. The van der Waals surface area contributed by atoms with Crippen molar-refractivity contribution in [3.8, 4) is 5.75 Å². The van der Waals surface area contributed by atoms with Gasteiger partial charge in [0.05, 0.1) is 6.54 Å². The average molecular weight is 511 g/mol. The first-order valence-electron chi connectivity index (χ1n) is 9.28. The minimum atomic E-state index is -0.463. The molecule has 1 N–H and O–H groups in total. The fourth-order valence-corrected chi connectivity index (χ4v) is 3.73. The Morgan fingerprint density at radius 1 is 0.938 bits per heavy atom. The second kappa shape index (κ2) is 9.83. The molecular weight excluding hydrogens is 496 g/mol. The van der Waals surface area contributed by atoms with Crippen LogP contribution in [0.4, 0.5) is 5.82 Å². The van der Waals surface area contributed by atoms with Gasteiger partial charge in [0.25, 0.3) is 5.91 Å². The Balaban J connectivity index is 1.40. The van der Waals surface area contributed by atoms with Gasteiger partial charge in [-0.25, -0.2) is 4.68 Å². The van der Waals surface area contributed by atoms with Crippen molar-refractivity contribution < 1.29 is 9.53 Å². The normalized spacial score (nSPS) is 10.9. The molecule has 2 heterocycles. The molecule has 0 spiro atoms. The molecule has 7 nitrogen and oxygen atoms in total. The van der Waals surface area contributed by atoms with Gasteiger partial charge >= 0.3 is 0 Å². The van der Waals surface area contributed by atoms with Crippen LogP contribution in [0.1, 0.15) is 16.1 Å². The first-order chi connectivity index (χ1) is 15.4. The zero-order valence-corrected chi connectivity index (χ0v) is 19.3. The summed E-state index contributed by atoms with van der Waals surface area (Å²) >= 11 is 24.6. The number of hydrogen-bond donors (Lipinski definition) is 1. The molecule has 0 radical (unpaired) electrons. The minimum Gasteiger partial charge on any atom is -0.471 e. The maximum Gasteiger partial charge on any atom is 0.277 e. The van der Waals surface area contributed by atoms with Gasteiger partial charge in [0.2, 0.25) is 0 Å². The van der Waals surface area contributed by atoms with E-state index in [4.69, 9.17) is 51.1 Å². The van der Waals surface area contributed by atoms with Gasteiger partial charge in [-0.1, -0.05) is 58.5 Å². The van der Waals surface area contributed by atoms with Crippen LogP contribution in [-0.4, -0.2) is 25.5 Å². The fraction of sp³-hybridized carbons (Fsp3) is 0.0952. The van der Waals surface area contributed by atoms with E-state index in [0.29, 0.717) is 32.9 Å². The highest BCUT2D eigenvalue weighted by atomic mass is 35.5. The third-order valence-electron chi connectivity index (χ3n) is 4.36. The topological polar surface area (TPSA) is 74.0 Å². The molecule has 0 fully saturated rings. The van der Waals surface area contributed by atoms with Crippen LogP contribution in [0.3, 0.4) is 0 Å². The van der Waals surface area contributed by atoms with E-state index in [0.717, 1.165) is 0 Å². The van der Waals surface area contributed by atoms with Crippen molar-refractivity contribution in [2.24, 2.45) is 0 Å². The van der Waals surface area contributed by atoms with Crippen molar-refractivity contribution in [3.05, 3.63) is 92.3 Å². The van der Waals surface area contributed by atoms with Gasteiger partial charge in [-0.05, 0) is 36.4 Å². The maximum absolute atomic E-state index is 12.6. The molecule has 4 rings (SSSR count).